The molecule has 0 amide bonds. The average Bonchev–Trinajstić information content (AvgIpc) is 2.54. The maximum Gasteiger partial charge on any atom is -0.0383 e. The normalized spacial score (nSPS) is 12.7. The van der Waals surface area contributed by atoms with E-state index in [2.05, 4.69) is 27.2 Å². The molecule has 0 aromatic rings. The Morgan fingerprint density at radius 3 is 1.59 bits per heavy atom. The number of unbranched alkanes of at least 4 members (excludes halogenated alkanes) is 13. The number of rotatable bonds is 18. The van der Waals surface area contributed by atoms with Gasteiger partial charge in [-0.2, -0.15) is 0 Å². The molecule has 22 heavy (non-hydrogen) atoms. The van der Waals surface area contributed by atoms with Gasteiger partial charge in [-0.05, 0) is 18.8 Å². The third-order valence-electron chi connectivity index (χ3n) is 5.06. The molecule has 0 aliphatic rings. The van der Waals surface area contributed by atoms with Gasteiger partial charge in [0.2, 0.25) is 0 Å². The quantitative estimate of drug-likeness (QED) is 0.223. The van der Waals surface area contributed by atoms with Crippen molar-refractivity contribution in [1.29, 1.82) is 0 Å². The minimum absolute atomic E-state index is 0.965. The summed E-state index contributed by atoms with van der Waals surface area (Å²) in [4.78, 5) is 0. The Bertz CT molecular complexity index is 184. The lowest BCUT2D eigenvalue weighted by atomic mass is 9.93. The van der Waals surface area contributed by atoms with E-state index in [9.17, 15) is 0 Å². The Labute approximate surface area is 142 Å². The van der Waals surface area contributed by atoms with E-state index in [0.717, 1.165) is 5.92 Å². The van der Waals surface area contributed by atoms with Crippen molar-refractivity contribution in [2.45, 2.75) is 130 Å². The van der Waals surface area contributed by atoms with Crippen LogP contribution >= 0.6 is 0 Å². The fraction of sp³-hybridized carbons (Fsp3) is 0.955. The van der Waals surface area contributed by atoms with Crippen LogP contribution in [-0.4, -0.2) is 0 Å². The van der Waals surface area contributed by atoms with Gasteiger partial charge in [0.05, 0.1) is 0 Å². The highest BCUT2D eigenvalue weighted by Gasteiger charge is 2.05. The van der Waals surface area contributed by atoms with Crippen molar-refractivity contribution in [1.82, 2.24) is 0 Å². The lowest BCUT2D eigenvalue weighted by Crippen LogP contribution is -1.99. The van der Waals surface area contributed by atoms with E-state index >= 15 is 0 Å². The summed E-state index contributed by atoms with van der Waals surface area (Å²) in [6.45, 7) is 6.96. The topological polar surface area (TPSA) is 0 Å². The molecule has 0 bridgehead atoms. The van der Waals surface area contributed by atoms with Crippen molar-refractivity contribution in [3.8, 4) is 0 Å². The molecule has 0 aromatic carbocycles. The summed E-state index contributed by atoms with van der Waals surface area (Å²) in [5.41, 5.74) is 0. The maximum atomic E-state index is 2.58. The summed E-state index contributed by atoms with van der Waals surface area (Å²) >= 11 is 0. The molecule has 0 spiro atoms. The highest BCUT2D eigenvalue weighted by Crippen LogP contribution is 2.20. The van der Waals surface area contributed by atoms with Gasteiger partial charge < -0.3 is 0 Å². The third-order valence-corrected chi connectivity index (χ3v) is 5.06. The summed E-state index contributed by atoms with van der Waals surface area (Å²) in [6.07, 6.45) is 26.9. The molecule has 0 fully saturated rings. The predicted octanol–water partition coefficient (Wildman–Crippen LogP) is 8.50. The zero-order chi connectivity index (χ0) is 16.3. The summed E-state index contributed by atoms with van der Waals surface area (Å²) in [6, 6.07) is 0. The molecule has 0 aliphatic heterocycles. The van der Waals surface area contributed by atoms with Crippen LogP contribution in [0.15, 0.2) is 0 Å². The second kappa shape index (κ2) is 19.0. The number of hydrogen-bond acceptors (Lipinski definition) is 0. The van der Waals surface area contributed by atoms with Crippen LogP contribution in [0.3, 0.4) is 0 Å². The van der Waals surface area contributed by atoms with Crippen LogP contribution in [-0.2, 0) is 0 Å². The van der Waals surface area contributed by atoms with E-state index in [1.807, 2.05) is 0 Å². The van der Waals surface area contributed by atoms with Crippen LogP contribution in [0.5, 0.6) is 0 Å². The molecule has 133 valence electrons. The lowest BCUT2D eigenvalue weighted by Gasteiger charge is -2.13. The molecule has 0 heteroatoms. The molecule has 0 saturated carbocycles. The van der Waals surface area contributed by atoms with Crippen molar-refractivity contribution in [2.75, 3.05) is 0 Å². The van der Waals surface area contributed by atoms with Gasteiger partial charge in [0.25, 0.3) is 0 Å². The minimum Gasteiger partial charge on any atom is -0.0654 e. The van der Waals surface area contributed by atoms with Crippen LogP contribution < -0.4 is 0 Å². The Kier molecular flexibility index (Phi) is 19.0. The van der Waals surface area contributed by atoms with E-state index in [1.165, 1.54) is 109 Å². The van der Waals surface area contributed by atoms with Gasteiger partial charge in [0.1, 0.15) is 0 Å². The number of hydrogen-bond donors (Lipinski definition) is 0. The summed E-state index contributed by atoms with van der Waals surface area (Å²) in [5, 5.41) is 0. The second-order valence-electron chi connectivity index (χ2n) is 7.27. The molecular weight excluding hydrogens is 264 g/mol. The van der Waals surface area contributed by atoms with Gasteiger partial charge >= 0.3 is 0 Å². The summed E-state index contributed by atoms with van der Waals surface area (Å²) in [5.74, 6) is 0.965. The highest BCUT2D eigenvalue weighted by molar-refractivity contribution is 4.70. The molecule has 0 N–H and O–H groups in total. The van der Waals surface area contributed by atoms with E-state index < -0.39 is 0 Å². The van der Waals surface area contributed by atoms with Gasteiger partial charge in [0.15, 0.2) is 0 Å². The Hall–Kier alpha value is 0. The standard InChI is InChI=1S/C22H45/c1-4-7-9-10-11-12-13-14-15-16-17-18-19-21-22(6-3)20-8-5-2/h19,22H,4-18,20-21H2,1-3H3. The van der Waals surface area contributed by atoms with Crippen LogP contribution in [0.1, 0.15) is 130 Å². The molecule has 0 heterocycles. The first-order valence-corrected chi connectivity index (χ1v) is 10.7. The average molecular weight is 310 g/mol. The lowest BCUT2D eigenvalue weighted by molar-refractivity contribution is 0.437. The first-order chi connectivity index (χ1) is 10.8. The van der Waals surface area contributed by atoms with Crippen molar-refractivity contribution in [3.63, 3.8) is 0 Å². The SMILES string of the molecule is CCCCCCCCCCCCC[CH]CC(CC)CCCC. The molecule has 1 atom stereocenters. The predicted molar refractivity (Wildman–Crippen MR) is 103 cm³/mol. The molecule has 1 unspecified atom stereocenters. The maximum absolute atomic E-state index is 2.58. The van der Waals surface area contributed by atoms with Gasteiger partial charge in [-0.25, -0.2) is 0 Å². The Morgan fingerprint density at radius 1 is 0.591 bits per heavy atom. The zero-order valence-electron chi connectivity index (χ0n) is 16.2. The van der Waals surface area contributed by atoms with Crippen LogP contribution in [0.4, 0.5) is 0 Å². The van der Waals surface area contributed by atoms with Crippen molar-refractivity contribution >= 4 is 0 Å². The second-order valence-corrected chi connectivity index (χ2v) is 7.27. The molecule has 0 saturated heterocycles. The van der Waals surface area contributed by atoms with Crippen LogP contribution in [0, 0.1) is 12.3 Å². The van der Waals surface area contributed by atoms with Gasteiger partial charge in [-0.15, -0.1) is 0 Å². The Morgan fingerprint density at radius 2 is 1.09 bits per heavy atom. The smallest absolute Gasteiger partial charge is 0.0383 e. The third kappa shape index (κ3) is 16.4. The van der Waals surface area contributed by atoms with Gasteiger partial charge in [-0.3, -0.25) is 0 Å². The largest absolute Gasteiger partial charge is 0.0654 e. The van der Waals surface area contributed by atoms with Crippen LogP contribution in [0.2, 0.25) is 0 Å². The molecule has 1 radical (unpaired) electrons. The summed E-state index contributed by atoms with van der Waals surface area (Å²) in [7, 11) is 0. The molecule has 0 nitrogen and oxygen atoms in total. The molecular formula is C22H45. The molecule has 0 aliphatic carbocycles. The zero-order valence-corrected chi connectivity index (χ0v) is 16.2. The van der Waals surface area contributed by atoms with Crippen molar-refractivity contribution < 1.29 is 0 Å². The highest BCUT2D eigenvalue weighted by atomic mass is 14.1. The summed E-state index contributed by atoms with van der Waals surface area (Å²) < 4.78 is 0. The van der Waals surface area contributed by atoms with Crippen molar-refractivity contribution in [2.24, 2.45) is 5.92 Å². The van der Waals surface area contributed by atoms with Gasteiger partial charge in [-0.1, -0.05) is 124 Å². The van der Waals surface area contributed by atoms with Crippen molar-refractivity contribution in [3.05, 3.63) is 6.42 Å². The minimum atomic E-state index is 0.965. The van der Waals surface area contributed by atoms with Gasteiger partial charge in [0, 0.05) is 0 Å². The fourth-order valence-electron chi connectivity index (χ4n) is 3.29. The van der Waals surface area contributed by atoms with E-state index in [0.29, 0.717) is 0 Å². The van der Waals surface area contributed by atoms with E-state index in [-0.39, 0.29) is 0 Å². The fourth-order valence-corrected chi connectivity index (χ4v) is 3.29. The van der Waals surface area contributed by atoms with Crippen LogP contribution in [0.25, 0.3) is 0 Å². The molecule has 0 aromatic heterocycles. The van der Waals surface area contributed by atoms with E-state index in [4.69, 9.17) is 0 Å². The first kappa shape index (κ1) is 22.0. The molecule has 0 rings (SSSR count). The van der Waals surface area contributed by atoms with E-state index in [1.54, 1.807) is 0 Å². The Balaban J connectivity index is 3.13. The monoisotopic (exact) mass is 309 g/mol. The first-order valence-electron chi connectivity index (χ1n) is 10.7.